The van der Waals surface area contributed by atoms with Crippen LogP contribution in [-0.2, 0) is 9.53 Å². The quantitative estimate of drug-likeness (QED) is 0.479. The van der Waals surface area contributed by atoms with Gasteiger partial charge in [0.2, 0.25) is 5.91 Å². The maximum atomic E-state index is 12.3. The van der Waals surface area contributed by atoms with Crippen LogP contribution < -0.4 is 5.32 Å². The molecule has 0 spiro atoms. The first-order valence-corrected chi connectivity index (χ1v) is 10.5. The Morgan fingerprint density at radius 2 is 2.03 bits per heavy atom. The van der Waals surface area contributed by atoms with Gasteiger partial charge in [-0.3, -0.25) is 9.48 Å². The lowest BCUT2D eigenvalue weighted by molar-refractivity contribution is -0.117. The molecule has 8 nitrogen and oxygen atoms in total. The van der Waals surface area contributed by atoms with E-state index in [0.717, 1.165) is 35.0 Å². The van der Waals surface area contributed by atoms with E-state index in [1.165, 1.54) is 26.1 Å². The smallest absolute Gasteiger partial charge is 0.340 e. The molecule has 8 heteroatoms. The largest absolute Gasteiger partial charge is 0.465 e. The minimum Gasteiger partial charge on any atom is -0.465 e. The number of aromatic nitrogens is 4. The molecule has 0 atom stereocenters. The molecule has 6 rings (SSSR count). The second kappa shape index (κ2) is 6.66. The van der Waals surface area contributed by atoms with Crippen molar-refractivity contribution in [3.05, 3.63) is 42.2 Å². The number of rotatable bonds is 5. The molecule has 0 aliphatic heterocycles. The van der Waals surface area contributed by atoms with Gasteiger partial charge in [0.1, 0.15) is 0 Å². The fraction of sp³-hybridized carbons (Fsp3) is 0.304. The first-order valence-electron chi connectivity index (χ1n) is 10.5. The maximum Gasteiger partial charge on any atom is 0.340 e. The van der Waals surface area contributed by atoms with E-state index < -0.39 is 5.97 Å². The molecule has 31 heavy (non-hydrogen) atoms. The number of nitrogens with zero attached hydrogens (tertiary/aromatic N) is 3. The molecule has 2 N–H and O–H groups in total. The zero-order chi connectivity index (χ0) is 21.1. The average molecular weight is 415 g/mol. The molecule has 3 heterocycles. The van der Waals surface area contributed by atoms with Gasteiger partial charge in [0, 0.05) is 40.3 Å². The van der Waals surface area contributed by atoms with Gasteiger partial charge < -0.3 is 15.0 Å². The molecular weight excluding hydrogens is 394 g/mol. The Hall–Kier alpha value is -3.68. The fourth-order valence-corrected chi connectivity index (χ4v) is 3.93. The molecule has 3 aromatic heterocycles. The van der Waals surface area contributed by atoms with Crippen molar-refractivity contribution in [1.82, 2.24) is 19.7 Å². The van der Waals surface area contributed by atoms with Crippen molar-refractivity contribution < 1.29 is 14.3 Å². The van der Waals surface area contributed by atoms with Gasteiger partial charge in [0.05, 0.1) is 29.7 Å². The summed E-state index contributed by atoms with van der Waals surface area (Å²) >= 11 is 0. The van der Waals surface area contributed by atoms with E-state index in [0.29, 0.717) is 28.3 Å². The number of amides is 1. The molecule has 0 radical (unpaired) electrons. The number of carbonyl (C=O) groups is 2. The number of carbonyl (C=O) groups excluding carboxylic acids is 2. The molecule has 2 aliphatic rings. The van der Waals surface area contributed by atoms with Crippen LogP contribution in [0, 0.1) is 5.92 Å². The van der Waals surface area contributed by atoms with Crippen LogP contribution in [0.5, 0.6) is 0 Å². The lowest BCUT2D eigenvalue weighted by Gasteiger charge is -2.07. The Labute approximate surface area is 177 Å². The van der Waals surface area contributed by atoms with Crippen molar-refractivity contribution in [3.63, 3.8) is 0 Å². The third-order valence-corrected chi connectivity index (χ3v) is 6.02. The fourth-order valence-electron chi connectivity index (χ4n) is 3.93. The highest BCUT2D eigenvalue weighted by Crippen LogP contribution is 2.36. The third kappa shape index (κ3) is 3.15. The van der Waals surface area contributed by atoms with Crippen molar-refractivity contribution in [3.8, 4) is 11.3 Å². The van der Waals surface area contributed by atoms with Gasteiger partial charge in [-0.2, -0.15) is 5.10 Å². The summed E-state index contributed by atoms with van der Waals surface area (Å²) in [6, 6.07) is 8.54. The molecule has 0 saturated heterocycles. The van der Waals surface area contributed by atoms with Crippen LogP contribution in [0.15, 0.2) is 36.7 Å². The van der Waals surface area contributed by atoms with Crippen LogP contribution in [0.1, 0.15) is 42.1 Å². The number of nitrogens with one attached hydrogen (secondary N) is 2. The predicted octanol–water partition coefficient (Wildman–Crippen LogP) is 4.05. The molecule has 1 amide bonds. The number of esters is 1. The van der Waals surface area contributed by atoms with Crippen molar-refractivity contribution in [2.24, 2.45) is 5.92 Å². The van der Waals surface area contributed by atoms with E-state index in [9.17, 15) is 9.59 Å². The summed E-state index contributed by atoms with van der Waals surface area (Å²) in [5.41, 5.74) is 3.65. The van der Waals surface area contributed by atoms with Crippen LogP contribution in [0.2, 0.25) is 0 Å². The number of methoxy groups -OCH3 is 1. The third-order valence-electron chi connectivity index (χ3n) is 6.02. The van der Waals surface area contributed by atoms with E-state index in [1.807, 2.05) is 22.9 Å². The highest BCUT2D eigenvalue weighted by atomic mass is 16.5. The monoisotopic (exact) mass is 415 g/mol. The van der Waals surface area contributed by atoms with E-state index in [2.05, 4.69) is 27.5 Å². The van der Waals surface area contributed by atoms with Crippen molar-refractivity contribution in [2.75, 3.05) is 12.4 Å². The summed E-state index contributed by atoms with van der Waals surface area (Å²) in [7, 11) is 1.34. The van der Waals surface area contributed by atoms with Crippen molar-refractivity contribution in [2.45, 2.75) is 31.7 Å². The second-order valence-corrected chi connectivity index (χ2v) is 8.36. The van der Waals surface area contributed by atoms with Gasteiger partial charge >= 0.3 is 5.97 Å². The normalized spacial score (nSPS) is 16.0. The average Bonchev–Trinajstić information content (AvgIpc) is 3.71. The van der Waals surface area contributed by atoms with E-state index in [4.69, 9.17) is 9.84 Å². The maximum absolute atomic E-state index is 12.3. The van der Waals surface area contributed by atoms with Crippen LogP contribution in [0.3, 0.4) is 0 Å². The minimum absolute atomic E-state index is 0.0391. The summed E-state index contributed by atoms with van der Waals surface area (Å²) in [5, 5.41) is 9.37. The molecule has 2 saturated carbocycles. The van der Waals surface area contributed by atoms with Crippen molar-refractivity contribution >= 4 is 39.5 Å². The van der Waals surface area contributed by atoms with Crippen LogP contribution in [0.4, 0.5) is 5.82 Å². The summed E-state index contributed by atoms with van der Waals surface area (Å²) in [6.07, 6.45) is 7.71. The van der Waals surface area contributed by atoms with E-state index in [-0.39, 0.29) is 11.8 Å². The Balaban J connectivity index is 1.45. The lowest BCUT2D eigenvalue weighted by atomic mass is 10.1. The summed E-state index contributed by atoms with van der Waals surface area (Å²) < 4.78 is 6.97. The van der Waals surface area contributed by atoms with E-state index in [1.54, 1.807) is 0 Å². The Morgan fingerprint density at radius 3 is 2.77 bits per heavy atom. The predicted molar refractivity (Wildman–Crippen MR) is 116 cm³/mol. The topological polar surface area (TPSA) is 102 Å². The second-order valence-electron chi connectivity index (χ2n) is 8.36. The molecule has 2 aliphatic carbocycles. The lowest BCUT2D eigenvalue weighted by Crippen LogP contribution is -2.15. The van der Waals surface area contributed by atoms with Gasteiger partial charge in [-0.1, -0.05) is 12.1 Å². The number of aromatic amines is 1. The van der Waals surface area contributed by atoms with Crippen LogP contribution in [0.25, 0.3) is 33.1 Å². The zero-order valence-corrected chi connectivity index (χ0v) is 17.0. The minimum atomic E-state index is -0.471. The number of hydrogen-bond donors (Lipinski definition) is 2. The van der Waals surface area contributed by atoms with Gasteiger partial charge in [-0.25, -0.2) is 9.78 Å². The summed E-state index contributed by atoms with van der Waals surface area (Å²) in [6.45, 7) is 0. The molecule has 2 fully saturated rings. The zero-order valence-electron chi connectivity index (χ0n) is 17.0. The molecule has 4 aromatic rings. The summed E-state index contributed by atoms with van der Waals surface area (Å²) in [4.78, 5) is 32.3. The Bertz CT molecular complexity index is 1360. The number of ether oxygens (including phenoxy) is 1. The van der Waals surface area contributed by atoms with Gasteiger partial charge in [0.15, 0.2) is 5.82 Å². The van der Waals surface area contributed by atoms with Gasteiger partial charge in [0.25, 0.3) is 0 Å². The number of anilines is 1. The number of benzene rings is 1. The van der Waals surface area contributed by atoms with Gasteiger partial charge in [-0.15, -0.1) is 0 Å². The summed E-state index contributed by atoms with van der Waals surface area (Å²) in [5.74, 6) is -0.0370. The Kier molecular flexibility index (Phi) is 3.89. The van der Waals surface area contributed by atoms with Gasteiger partial charge in [-0.05, 0) is 37.8 Å². The standard InChI is InChI=1S/C23H21N5O3/c1-31-23(30)17-10-24-21(26-22(29)12-2-3-12)20-16(17)9-18(25-20)13-4-5-14-11-28(15-6-7-15)27-19(14)8-13/h4-5,8-12,15,25H,2-3,6-7H2,1H3,(H,24,26,29). The molecule has 0 bridgehead atoms. The SMILES string of the molecule is COC(=O)c1cnc(NC(=O)C2CC2)c2[nH]c(-c3ccc4cn(C5CC5)nc4c3)cc12. The number of H-pyrrole nitrogens is 1. The first kappa shape index (κ1) is 18.1. The number of pyridine rings is 1. The highest BCUT2D eigenvalue weighted by Gasteiger charge is 2.30. The highest BCUT2D eigenvalue weighted by molar-refractivity contribution is 6.10. The molecule has 0 unspecified atom stereocenters. The number of fused-ring (bicyclic) bond motifs is 2. The Morgan fingerprint density at radius 1 is 1.19 bits per heavy atom. The first-order chi connectivity index (χ1) is 15.1. The molecular formula is C23H21N5O3. The van der Waals surface area contributed by atoms with Crippen LogP contribution in [-0.4, -0.2) is 38.7 Å². The van der Waals surface area contributed by atoms with E-state index >= 15 is 0 Å². The van der Waals surface area contributed by atoms with Crippen LogP contribution >= 0.6 is 0 Å². The van der Waals surface area contributed by atoms with Crippen molar-refractivity contribution in [1.29, 1.82) is 0 Å². The molecule has 156 valence electrons. The number of hydrogen-bond acceptors (Lipinski definition) is 5. The molecule has 1 aromatic carbocycles.